The quantitative estimate of drug-likeness (QED) is 0.717. The number of hydrogen-bond donors (Lipinski definition) is 0. The predicted molar refractivity (Wildman–Crippen MR) is 101 cm³/mol. The standard InChI is InChI=1S/C22H27NO/c1-16-14-21(15-17(2)24-16)18(3)23-22(19-10-6-4-7-11-19)20-12-8-5-9-13-20/h4-13,16-18,21H,14-15H2,1-3H3. The Kier molecular flexibility index (Phi) is 5.47. The number of benzene rings is 2. The maximum absolute atomic E-state index is 5.89. The van der Waals surface area contributed by atoms with E-state index in [1.807, 2.05) is 0 Å². The molecule has 1 saturated heterocycles. The van der Waals surface area contributed by atoms with Gasteiger partial charge in [-0.05, 0) is 39.5 Å². The Morgan fingerprint density at radius 3 is 1.79 bits per heavy atom. The first kappa shape index (κ1) is 16.9. The molecule has 2 aromatic rings. The summed E-state index contributed by atoms with van der Waals surface area (Å²) in [7, 11) is 0. The zero-order valence-electron chi connectivity index (χ0n) is 14.9. The molecular weight excluding hydrogens is 294 g/mol. The number of ether oxygens (including phenoxy) is 1. The third-order valence-corrected chi connectivity index (χ3v) is 4.84. The van der Waals surface area contributed by atoms with E-state index >= 15 is 0 Å². The van der Waals surface area contributed by atoms with Crippen LogP contribution in [0.5, 0.6) is 0 Å². The fourth-order valence-corrected chi connectivity index (χ4v) is 3.67. The molecule has 1 fully saturated rings. The molecule has 0 spiro atoms. The van der Waals surface area contributed by atoms with E-state index in [0.717, 1.165) is 18.6 Å². The van der Waals surface area contributed by atoms with E-state index in [1.54, 1.807) is 0 Å². The van der Waals surface area contributed by atoms with Crippen molar-refractivity contribution >= 4 is 5.71 Å². The average Bonchev–Trinajstić information content (AvgIpc) is 2.60. The highest BCUT2D eigenvalue weighted by molar-refractivity contribution is 6.12. The van der Waals surface area contributed by atoms with Crippen molar-refractivity contribution in [1.29, 1.82) is 0 Å². The third-order valence-electron chi connectivity index (χ3n) is 4.84. The molecule has 3 unspecified atom stereocenters. The monoisotopic (exact) mass is 321 g/mol. The van der Waals surface area contributed by atoms with Crippen LogP contribution in [0.2, 0.25) is 0 Å². The lowest BCUT2D eigenvalue weighted by molar-refractivity contribution is -0.0553. The maximum atomic E-state index is 5.89. The fourth-order valence-electron chi connectivity index (χ4n) is 3.67. The molecule has 2 aromatic carbocycles. The highest BCUT2D eigenvalue weighted by atomic mass is 16.5. The van der Waals surface area contributed by atoms with Gasteiger partial charge in [-0.25, -0.2) is 0 Å². The normalized spacial score (nSPS) is 25.0. The molecule has 0 aliphatic carbocycles. The van der Waals surface area contributed by atoms with E-state index < -0.39 is 0 Å². The molecule has 2 heteroatoms. The summed E-state index contributed by atoms with van der Waals surface area (Å²) in [5.41, 5.74) is 3.46. The van der Waals surface area contributed by atoms with Gasteiger partial charge in [-0.1, -0.05) is 60.7 Å². The lowest BCUT2D eigenvalue weighted by Gasteiger charge is -2.34. The molecule has 0 radical (unpaired) electrons. The Hall–Kier alpha value is -1.93. The van der Waals surface area contributed by atoms with Gasteiger partial charge in [0.25, 0.3) is 0 Å². The summed E-state index contributed by atoms with van der Waals surface area (Å²) in [5.74, 6) is 0.575. The summed E-state index contributed by atoms with van der Waals surface area (Å²) in [6.07, 6.45) is 2.83. The van der Waals surface area contributed by atoms with E-state index in [0.29, 0.717) is 18.1 Å². The molecule has 0 N–H and O–H groups in total. The van der Waals surface area contributed by atoms with Gasteiger partial charge in [0, 0.05) is 11.1 Å². The van der Waals surface area contributed by atoms with E-state index in [4.69, 9.17) is 9.73 Å². The van der Waals surface area contributed by atoms with Gasteiger partial charge >= 0.3 is 0 Å². The molecule has 0 bridgehead atoms. The molecule has 0 amide bonds. The number of hydrogen-bond acceptors (Lipinski definition) is 2. The molecule has 0 aromatic heterocycles. The van der Waals surface area contributed by atoms with Crippen LogP contribution in [0, 0.1) is 5.92 Å². The molecule has 1 heterocycles. The Balaban J connectivity index is 1.92. The van der Waals surface area contributed by atoms with Crippen molar-refractivity contribution in [3.63, 3.8) is 0 Å². The van der Waals surface area contributed by atoms with E-state index in [1.165, 1.54) is 11.1 Å². The largest absolute Gasteiger partial charge is 0.376 e. The number of nitrogens with zero attached hydrogens (tertiary/aromatic N) is 1. The van der Waals surface area contributed by atoms with Crippen molar-refractivity contribution in [2.75, 3.05) is 0 Å². The number of aliphatic imine (C=N–C) groups is 1. The van der Waals surface area contributed by atoms with Crippen molar-refractivity contribution in [3.8, 4) is 0 Å². The highest BCUT2D eigenvalue weighted by Crippen LogP contribution is 2.29. The summed E-state index contributed by atoms with van der Waals surface area (Å²) < 4.78 is 5.89. The van der Waals surface area contributed by atoms with Gasteiger partial charge in [-0.3, -0.25) is 4.99 Å². The molecular formula is C22H27NO. The van der Waals surface area contributed by atoms with Gasteiger partial charge in [0.15, 0.2) is 0 Å². The van der Waals surface area contributed by atoms with Gasteiger partial charge < -0.3 is 4.74 Å². The van der Waals surface area contributed by atoms with E-state index in [9.17, 15) is 0 Å². The van der Waals surface area contributed by atoms with Crippen LogP contribution < -0.4 is 0 Å². The Labute approximate surface area is 145 Å². The van der Waals surface area contributed by atoms with Crippen LogP contribution in [-0.2, 0) is 4.74 Å². The van der Waals surface area contributed by atoms with Gasteiger partial charge in [0.1, 0.15) is 0 Å². The van der Waals surface area contributed by atoms with Crippen molar-refractivity contribution in [1.82, 2.24) is 0 Å². The fraction of sp³-hybridized carbons (Fsp3) is 0.409. The zero-order valence-corrected chi connectivity index (χ0v) is 14.9. The minimum atomic E-state index is 0.286. The van der Waals surface area contributed by atoms with Crippen LogP contribution in [0.1, 0.15) is 44.7 Å². The Bertz CT molecular complexity index is 613. The Morgan fingerprint density at radius 1 is 0.875 bits per heavy atom. The summed E-state index contributed by atoms with van der Waals surface area (Å²) in [6.45, 7) is 6.60. The topological polar surface area (TPSA) is 21.6 Å². The van der Waals surface area contributed by atoms with Crippen molar-refractivity contribution in [3.05, 3.63) is 71.8 Å². The van der Waals surface area contributed by atoms with Gasteiger partial charge in [-0.2, -0.15) is 0 Å². The molecule has 3 rings (SSSR count). The van der Waals surface area contributed by atoms with Crippen LogP contribution in [0.3, 0.4) is 0 Å². The van der Waals surface area contributed by atoms with Crippen LogP contribution in [0.15, 0.2) is 65.7 Å². The van der Waals surface area contributed by atoms with Gasteiger partial charge in [-0.15, -0.1) is 0 Å². The first-order valence-electron chi connectivity index (χ1n) is 8.97. The second kappa shape index (κ2) is 7.76. The molecule has 126 valence electrons. The SMILES string of the molecule is CC1CC(C(C)N=C(c2ccccc2)c2ccccc2)CC(C)O1. The zero-order chi connectivity index (χ0) is 16.9. The van der Waals surface area contributed by atoms with Gasteiger partial charge in [0.2, 0.25) is 0 Å². The number of rotatable bonds is 4. The summed E-state index contributed by atoms with van der Waals surface area (Å²) >= 11 is 0. The average molecular weight is 321 g/mol. The second-order valence-corrected chi connectivity index (χ2v) is 6.94. The van der Waals surface area contributed by atoms with Gasteiger partial charge in [0.05, 0.1) is 24.0 Å². The summed E-state index contributed by atoms with van der Waals surface area (Å²) in [5, 5.41) is 0. The van der Waals surface area contributed by atoms with Crippen molar-refractivity contribution in [2.24, 2.45) is 10.9 Å². The highest BCUT2D eigenvalue weighted by Gasteiger charge is 2.28. The Morgan fingerprint density at radius 2 is 1.33 bits per heavy atom. The second-order valence-electron chi connectivity index (χ2n) is 6.94. The molecule has 24 heavy (non-hydrogen) atoms. The predicted octanol–water partition coefficient (Wildman–Crippen LogP) is 5.12. The first-order valence-corrected chi connectivity index (χ1v) is 8.97. The minimum Gasteiger partial charge on any atom is -0.376 e. The van der Waals surface area contributed by atoms with Crippen LogP contribution in [-0.4, -0.2) is 24.0 Å². The van der Waals surface area contributed by atoms with Crippen LogP contribution in [0.4, 0.5) is 0 Å². The van der Waals surface area contributed by atoms with Crippen molar-refractivity contribution < 1.29 is 4.74 Å². The molecule has 0 saturated carbocycles. The molecule has 3 atom stereocenters. The summed E-state index contributed by atoms with van der Waals surface area (Å²) in [4.78, 5) is 5.17. The molecule has 1 aliphatic rings. The molecule has 1 aliphatic heterocycles. The lowest BCUT2D eigenvalue weighted by Crippen LogP contribution is -2.34. The van der Waals surface area contributed by atoms with Crippen LogP contribution in [0.25, 0.3) is 0 Å². The minimum absolute atomic E-state index is 0.286. The molecule has 2 nitrogen and oxygen atoms in total. The van der Waals surface area contributed by atoms with Crippen LogP contribution >= 0.6 is 0 Å². The first-order chi connectivity index (χ1) is 11.6. The smallest absolute Gasteiger partial charge is 0.0722 e. The third kappa shape index (κ3) is 4.12. The van der Waals surface area contributed by atoms with Crippen molar-refractivity contribution in [2.45, 2.75) is 51.9 Å². The van der Waals surface area contributed by atoms with E-state index in [2.05, 4.69) is 81.4 Å². The van der Waals surface area contributed by atoms with E-state index in [-0.39, 0.29) is 6.04 Å². The summed E-state index contributed by atoms with van der Waals surface area (Å²) in [6, 6.07) is 21.3. The maximum Gasteiger partial charge on any atom is 0.0722 e. The lowest BCUT2D eigenvalue weighted by atomic mass is 9.87.